The molecule has 6 heteroatoms. The maximum Gasteiger partial charge on any atom is 0.221 e. The Morgan fingerprint density at radius 1 is 1.04 bits per heavy atom. The molecule has 3 aromatic rings. The zero-order chi connectivity index (χ0) is 17.4. The largest absolute Gasteiger partial charge is 0.280 e. The zero-order valence-electron chi connectivity index (χ0n) is 14.5. The average Bonchev–Trinajstić information content (AvgIpc) is 2.96. The van der Waals surface area contributed by atoms with Crippen LogP contribution in [0.3, 0.4) is 0 Å². The van der Waals surface area contributed by atoms with Gasteiger partial charge >= 0.3 is 0 Å². The molecule has 0 atom stereocenters. The monoisotopic (exact) mass is 351 g/mol. The molecule has 0 aliphatic carbocycles. The van der Waals surface area contributed by atoms with Gasteiger partial charge in [0.2, 0.25) is 4.77 Å². The number of hydrogen-bond acceptors (Lipinski definition) is 4. The molecule has 128 valence electrons. The Balaban J connectivity index is 1.57. The minimum Gasteiger partial charge on any atom is -0.280 e. The first-order valence-electron chi connectivity index (χ1n) is 8.51. The Morgan fingerprint density at radius 3 is 2.64 bits per heavy atom. The number of aryl methyl sites for hydroxylation is 2. The molecule has 0 saturated heterocycles. The van der Waals surface area contributed by atoms with Crippen LogP contribution in [0.5, 0.6) is 0 Å². The van der Waals surface area contributed by atoms with E-state index in [9.17, 15) is 0 Å². The lowest BCUT2D eigenvalue weighted by Crippen LogP contribution is -2.32. The standard InChI is InChI=1S/C19H21N5S/c1-14-7-8-18(15(2)11-14)24-19(25)23(20-21-24)13-22-10-9-16-5-3-4-6-17(16)12-22/h3-8,11H,9-10,12-13H2,1-2H3. The van der Waals surface area contributed by atoms with Gasteiger partial charge in [0, 0.05) is 13.1 Å². The van der Waals surface area contributed by atoms with Crippen LogP contribution >= 0.6 is 12.2 Å². The highest BCUT2D eigenvalue weighted by Crippen LogP contribution is 2.19. The molecule has 0 bridgehead atoms. The molecular weight excluding hydrogens is 330 g/mol. The summed E-state index contributed by atoms with van der Waals surface area (Å²) in [7, 11) is 0. The minimum atomic E-state index is 0.630. The highest BCUT2D eigenvalue weighted by molar-refractivity contribution is 7.71. The van der Waals surface area contributed by atoms with Crippen LogP contribution in [0.4, 0.5) is 0 Å². The van der Waals surface area contributed by atoms with E-state index in [1.807, 2.05) is 4.68 Å². The van der Waals surface area contributed by atoms with Crippen LogP contribution in [0.15, 0.2) is 42.5 Å². The Kier molecular flexibility index (Phi) is 4.23. The SMILES string of the molecule is Cc1ccc(-n2nnn(CN3CCc4ccccc4C3)c2=S)c(C)c1. The summed E-state index contributed by atoms with van der Waals surface area (Å²) in [6, 6.07) is 14.9. The van der Waals surface area contributed by atoms with Crippen LogP contribution < -0.4 is 0 Å². The second-order valence-corrected chi connectivity index (χ2v) is 7.04. The highest BCUT2D eigenvalue weighted by atomic mass is 32.1. The fraction of sp³-hybridized carbons (Fsp3) is 0.316. The molecule has 0 unspecified atom stereocenters. The molecule has 2 aromatic carbocycles. The smallest absolute Gasteiger partial charge is 0.221 e. The van der Waals surface area contributed by atoms with Gasteiger partial charge in [0.05, 0.1) is 12.4 Å². The van der Waals surface area contributed by atoms with Crippen molar-refractivity contribution >= 4 is 12.2 Å². The average molecular weight is 351 g/mol. The van der Waals surface area contributed by atoms with E-state index in [-0.39, 0.29) is 0 Å². The fourth-order valence-corrected chi connectivity index (χ4v) is 3.65. The van der Waals surface area contributed by atoms with Gasteiger partial charge in [-0.15, -0.1) is 0 Å². The number of benzene rings is 2. The van der Waals surface area contributed by atoms with Crippen molar-refractivity contribution in [1.82, 2.24) is 24.7 Å². The molecule has 2 heterocycles. The van der Waals surface area contributed by atoms with E-state index < -0.39 is 0 Å². The topological polar surface area (TPSA) is 38.9 Å². The molecule has 4 rings (SSSR count). The molecule has 1 aromatic heterocycles. The molecule has 1 aliphatic heterocycles. The molecular formula is C19H21N5S. The third kappa shape index (κ3) is 3.15. The second-order valence-electron chi connectivity index (χ2n) is 6.68. The first-order chi connectivity index (χ1) is 12.1. The van der Waals surface area contributed by atoms with Gasteiger partial charge in [-0.25, -0.2) is 4.68 Å². The van der Waals surface area contributed by atoms with Gasteiger partial charge in [0.1, 0.15) is 0 Å². The normalized spacial score (nSPS) is 14.5. The van der Waals surface area contributed by atoms with E-state index in [2.05, 4.69) is 71.6 Å². The third-order valence-corrected chi connectivity index (χ3v) is 5.15. The van der Waals surface area contributed by atoms with Crippen molar-refractivity contribution in [3.63, 3.8) is 0 Å². The van der Waals surface area contributed by atoms with Crippen LogP contribution in [0, 0.1) is 18.6 Å². The number of nitrogens with zero attached hydrogens (tertiary/aromatic N) is 5. The number of hydrogen-bond donors (Lipinski definition) is 0. The lowest BCUT2D eigenvalue weighted by atomic mass is 10.0. The summed E-state index contributed by atoms with van der Waals surface area (Å²) in [4.78, 5) is 2.36. The Bertz CT molecular complexity index is 972. The van der Waals surface area contributed by atoms with E-state index in [1.54, 1.807) is 4.68 Å². The van der Waals surface area contributed by atoms with E-state index in [1.165, 1.54) is 16.7 Å². The van der Waals surface area contributed by atoms with Gasteiger partial charge in [0.15, 0.2) is 0 Å². The second kappa shape index (κ2) is 6.54. The lowest BCUT2D eigenvalue weighted by Gasteiger charge is -2.28. The minimum absolute atomic E-state index is 0.630. The molecule has 1 aliphatic rings. The summed E-state index contributed by atoms with van der Waals surface area (Å²) in [5, 5.41) is 8.57. The fourth-order valence-electron chi connectivity index (χ4n) is 3.42. The third-order valence-electron chi connectivity index (χ3n) is 4.76. The van der Waals surface area contributed by atoms with Crippen LogP contribution in [-0.2, 0) is 19.6 Å². The summed E-state index contributed by atoms with van der Waals surface area (Å²) in [6.07, 6.45) is 1.06. The summed E-state index contributed by atoms with van der Waals surface area (Å²) in [6.45, 7) is 6.76. The van der Waals surface area contributed by atoms with Crippen molar-refractivity contribution in [2.45, 2.75) is 33.5 Å². The van der Waals surface area contributed by atoms with Crippen molar-refractivity contribution in [2.24, 2.45) is 0 Å². The highest BCUT2D eigenvalue weighted by Gasteiger charge is 2.17. The van der Waals surface area contributed by atoms with Gasteiger partial charge in [-0.3, -0.25) is 4.90 Å². The number of aromatic nitrogens is 4. The first kappa shape index (κ1) is 16.2. The van der Waals surface area contributed by atoms with Gasteiger partial charge in [0.25, 0.3) is 0 Å². The van der Waals surface area contributed by atoms with Crippen molar-refractivity contribution < 1.29 is 0 Å². The Morgan fingerprint density at radius 2 is 1.84 bits per heavy atom. The predicted octanol–water partition coefficient (Wildman–Crippen LogP) is 3.43. The van der Waals surface area contributed by atoms with Crippen molar-refractivity contribution in [3.05, 3.63) is 69.5 Å². The summed E-state index contributed by atoms with van der Waals surface area (Å²) in [5.41, 5.74) is 6.20. The van der Waals surface area contributed by atoms with Crippen LogP contribution in [-0.4, -0.2) is 31.2 Å². The van der Waals surface area contributed by atoms with Gasteiger partial charge < -0.3 is 0 Å². The number of tetrazole rings is 1. The van der Waals surface area contributed by atoms with E-state index in [4.69, 9.17) is 12.2 Å². The molecule has 0 N–H and O–H groups in total. The lowest BCUT2D eigenvalue weighted by molar-refractivity contribution is 0.186. The molecule has 0 saturated carbocycles. The predicted molar refractivity (Wildman–Crippen MR) is 100 cm³/mol. The Labute approximate surface area is 152 Å². The van der Waals surface area contributed by atoms with E-state index in [0.29, 0.717) is 11.4 Å². The summed E-state index contributed by atoms with van der Waals surface area (Å²) in [5.74, 6) is 0. The van der Waals surface area contributed by atoms with Gasteiger partial charge in [-0.2, -0.15) is 4.68 Å². The maximum absolute atomic E-state index is 5.62. The quantitative estimate of drug-likeness (QED) is 0.678. The van der Waals surface area contributed by atoms with Gasteiger partial charge in [-0.05, 0) is 65.7 Å². The molecule has 0 amide bonds. The first-order valence-corrected chi connectivity index (χ1v) is 8.92. The molecule has 0 fully saturated rings. The Hall–Kier alpha value is -2.31. The molecule has 0 radical (unpaired) electrons. The molecule has 25 heavy (non-hydrogen) atoms. The van der Waals surface area contributed by atoms with E-state index >= 15 is 0 Å². The molecule has 5 nitrogen and oxygen atoms in total. The van der Waals surface area contributed by atoms with Crippen molar-refractivity contribution in [2.75, 3.05) is 6.54 Å². The van der Waals surface area contributed by atoms with E-state index in [0.717, 1.165) is 30.8 Å². The van der Waals surface area contributed by atoms with Gasteiger partial charge in [-0.1, -0.05) is 42.0 Å². The number of rotatable bonds is 3. The van der Waals surface area contributed by atoms with Crippen LogP contribution in [0.2, 0.25) is 0 Å². The summed E-state index contributed by atoms with van der Waals surface area (Å²) < 4.78 is 4.19. The van der Waals surface area contributed by atoms with Crippen LogP contribution in [0.1, 0.15) is 22.3 Å². The van der Waals surface area contributed by atoms with Crippen LogP contribution in [0.25, 0.3) is 5.69 Å². The van der Waals surface area contributed by atoms with Crippen molar-refractivity contribution in [1.29, 1.82) is 0 Å². The number of fused-ring (bicyclic) bond motifs is 1. The molecule has 0 spiro atoms. The maximum atomic E-state index is 5.62. The van der Waals surface area contributed by atoms with Crippen molar-refractivity contribution in [3.8, 4) is 5.69 Å². The summed E-state index contributed by atoms with van der Waals surface area (Å²) >= 11 is 5.62. The zero-order valence-corrected chi connectivity index (χ0v) is 15.3.